The number of thiophene rings is 1. The molecule has 0 aliphatic heterocycles. The van der Waals surface area contributed by atoms with Gasteiger partial charge in [0.25, 0.3) is 0 Å². The average molecular weight is 593 g/mol. The topological polar surface area (TPSA) is 203 Å². The van der Waals surface area contributed by atoms with Crippen molar-refractivity contribution in [3.8, 4) is 21.6 Å². The van der Waals surface area contributed by atoms with Gasteiger partial charge in [0, 0.05) is 24.3 Å². The molecule has 222 valence electrons. The first kappa shape index (κ1) is 31.8. The zero-order valence-electron chi connectivity index (χ0n) is 23.1. The van der Waals surface area contributed by atoms with Gasteiger partial charge in [-0.25, -0.2) is 0 Å². The number of carbonyl (C=O) groups excluding carboxylic acids is 3. The van der Waals surface area contributed by atoms with Gasteiger partial charge < -0.3 is 32.9 Å². The highest BCUT2D eigenvalue weighted by molar-refractivity contribution is 7.14. The summed E-state index contributed by atoms with van der Waals surface area (Å²) in [5, 5.41) is 16.3. The lowest BCUT2D eigenvalue weighted by Gasteiger charge is -2.21. The Morgan fingerprint density at radius 1 is 0.833 bits per heavy atom. The molecule has 2 atom stereocenters. The maximum atomic E-state index is 12.9. The van der Waals surface area contributed by atoms with Gasteiger partial charge in [0.05, 0.1) is 0 Å². The first-order valence-electron chi connectivity index (χ1n) is 13.5. The van der Waals surface area contributed by atoms with Crippen molar-refractivity contribution >= 4 is 41.0 Å². The highest BCUT2D eigenvalue weighted by Crippen LogP contribution is 2.32. The summed E-state index contributed by atoms with van der Waals surface area (Å²) in [6, 6.07) is 18.1. The van der Waals surface area contributed by atoms with E-state index >= 15 is 0 Å². The van der Waals surface area contributed by atoms with Crippen molar-refractivity contribution in [2.24, 2.45) is 22.2 Å². The van der Waals surface area contributed by atoms with Gasteiger partial charge in [-0.05, 0) is 59.4 Å². The number of amides is 3. The molecule has 11 nitrogen and oxygen atoms in total. The minimum atomic E-state index is -1.15. The molecule has 0 spiro atoms. The fourth-order valence-electron chi connectivity index (χ4n) is 4.23. The molecule has 12 heteroatoms. The maximum Gasteiger partial charge on any atom is 0.303 e. The molecule has 0 bridgehead atoms. The zero-order chi connectivity index (χ0) is 30.5. The summed E-state index contributed by atoms with van der Waals surface area (Å²) in [5.41, 5.74) is 20.3. The van der Waals surface area contributed by atoms with Crippen LogP contribution >= 0.6 is 11.3 Å². The summed E-state index contributed by atoms with van der Waals surface area (Å²) in [5.74, 6) is -3.09. The highest BCUT2D eigenvalue weighted by Gasteiger charge is 2.26. The van der Waals surface area contributed by atoms with Crippen LogP contribution in [0.25, 0.3) is 21.6 Å². The van der Waals surface area contributed by atoms with Crippen LogP contribution in [0.15, 0.2) is 71.0 Å². The molecule has 3 amide bonds. The second-order valence-corrected chi connectivity index (χ2v) is 10.6. The van der Waals surface area contributed by atoms with E-state index in [0.29, 0.717) is 12.8 Å². The van der Waals surface area contributed by atoms with E-state index in [4.69, 9.17) is 22.3 Å². The first-order chi connectivity index (χ1) is 20.1. The van der Waals surface area contributed by atoms with Crippen LogP contribution in [0.3, 0.4) is 0 Å². The number of aryl methyl sites for hydroxylation is 1. The number of carboxylic acids is 1. The number of nitrogens with two attached hydrogens (primary N) is 3. The van der Waals surface area contributed by atoms with Gasteiger partial charge >= 0.3 is 5.97 Å². The largest absolute Gasteiger partial charge is 0.481 e. The minimum absolute atomic E-state index is 0.0884. The zero-order valence-corrected chi connectivity index (χ0v) is 23.9. The van der Waals surface area contributed by atoms with Crippen molar-refractivity contribution in [3.05, 3.63) is 71.6 Å². The van der Waals surface area contributed by atoms with Crippen molar-refractivity contribution in [1.29, 1.82) is 0 Å². The van der Waals surface area contributed by atoms with Crippen LogP contribution in [0, 0.1) is 0 Å². The van der Waals surface area contributed by atoms with Crippen molar-refractivity contribution in [2.75, 3.05) is 6.54 Å². The molecule has 0 unspecified atom stereocenters. The molecule has 0 radical (unpaired) electrons. The van der Waals surface area contributed by atoms with Crippen LogP contribution in [0.4, 0.5) is 0 Å². The minimum Gasteiger partial charge on any atom is -0.481 e. The van der Waals surface area contributed by atoms with Crippen LogP contribution in [0.1, 0.15) is 37.7 Å². The van der Waals surface area contributed by atoms with Crippen LogP contribution in [-0.4, -0.2) is 53.4 Å². The molecule has 3 rings (SSSR count). The van der Waals surface area contributed by atoms with E-state index in [9.17, 15) is 19.2 Å². The smallest absolute Gasteiger partial charge is 0.303 e. The standard InChI is InChI=1S/C30H36N6O5S/c31-28(40)23(7-4-16-34-30(32)33)36-29(41)24(13-15-27(38)39)35-26(37)14-10-19-8-11-21(12-9-19)25-17-22(18-42-25)20-5-2-1-3-6-20/h1-3,5-6,8-9,11-12,17-18,23-24H,4,7,10,13-16H2,(H2,31,40)(H,35,37)(H,36,41)(H,38,39)(H4,32,33,34)/t23-,24-/m0/s1. The van der Waals surface area contributed by atoms with E-state index in [1.165, 1.54) is 0 Å². The van der Waals surface area contributed by atoms with Gasteiger partial charge in [0.1, 0.15) is 12.1 Å². The molecular formula is C30H36N6O5S. The Morgan fingerprint density at radius 2 is 1.55 bits per heavy atom. The van der Waals surface area contributed by atoms with Crippen molar-refractivity contribution in [3.63, 3.8) is 0 Å². The third-order valence-corrected chi connectivity index (χ3v) is 7.47. The van der Waals surface area contributed by atoms with Gasteiger partial charge in [-0.2, -0.15) is 0 Å². The van der Waals surface area contributed by atoms with E-state index in [2.05, 4.69) is 39.2 Å². The van der Waals surface area contributed by atoms with Gasteiger partial charge in [-0.1, -0.05) is 54.6 Å². The molecule has 9 N–H and O–H groups in total. The fraction of sp³-hybridized carbons (Fsp3) is 0.300. The van der Waals surface area contributed by atoms with Crippen molar-refractivity contribution in [1.82, 2.24) is 10.6 Å². The number of carboxylic acid groups (broad SMARTS) is 1. The number of rotatable bonds is 16. The third-order valence-electron chi connectivity index (χ3n) is 6.49. The Bertz CT molecular complexity index is 1390. The van der Waals surface area contributed by atoms with E-state index in [1.54, 1.807) is 11.3 Å². The van der Waals surface area contributed by atoms with Crippen LogP contribution in [0.2, 0.25) is 0 Å². The maximum absolute atomic E-state index is 12.9. The molecule has 0 fully saturated rings. The lowest BCUT2D eigenvalue weighted by Crippen LogP contribution is -2.53. The molecule has 0 saturated carbocycles. The predicted molar refractivity (Wildman–Crippen MR) is 163 cm³/mol. The predicted octanol–water partition coefficient (Wildman–Crippen LogP) is 2.39. The molecule has 1 heterocycles. The number of benzene rings is 2. The van der Waals surface area contributed by atoms with Crippen LogP contribution in [-0.2, 0) is 25.6 Å². The fourth-order valence-corrected chi connectivity index (χ4v) is 5.15. The van der Waals surface area contributed by atoms with Crippen molar-refractivity contribution < 1.29 is 24.3 Å². The molecular weight excluding hydrogens is 556 g/mol. The average Bonchev–Trinajstić information content (AvgIpc) is 3.46. The highest BCUT2D eigenvalue weighted by atomic mass is 32.1. The lowest BCUT2D eigenvalue weighted by molar-refractivity contribution is -0.138. The first-order valence-corrected chi connectivity index (χ1v) is 14.4. The second kappa shape index (κ2) is 15.9. The summed E-state index contributed by atoms with van der Waals surface area (Å²) in [6.45, 7) is 0.240. The SMILES string of the molecule is NC(=O)[C@H](CCCN=C(N)N)NC(=O)[C@H](CCC(=O)O)NC(=O)CCc1ccc(-c2cc(-c3ccccc3)cs2)cc1. The van der Waals surface area contributed by atoms with Gasteiger partial charge in [0.2, 0.25) is 17.7 Å². The Labute approximate surface area is 248 Å². The number of hydrogen-bond acceptors (Lipinski definition) is 6. The molecule has 0 saturated heterocycles. The van der Waals surface area contributed by atoms with Gasteiger partial charge in [-0.15, -0.1) is 11.3 Å². The van der Waals surface area contributed by atoms with E-state index < -0.39 is 35.8 Å². The summed E-state index contributed by atoms with van der Waals surface area (Å²) < 4.78 is 0. The molecule has 1 aromatic heterocycles. The van der Waals surface area contributed by atoms with Gasteiger partial charge in [-0.3, -0.25) is 24.2 Å². The van der Waals surface area contributed by atoms with E-state index in [-0.39, 0.29) is 38.2 Å². The summed E-state index contributed by atoms with van der Waals surface area (Å²) in [7, 11) is 0. The molecule has 3 aromatic rings. The molecule has 0 aliphatic rings. The number of hydrogen-bond donors (Lipinski definition) is 6. The summed E-state index contributed by atoms with van der Waals surface area (Å²) in [4.78, 5) is 53.6. The van der Waals surface area contributed by atoms with Gasteiger partial charge in [0.15, 0.2) is 5.96 Å². The Kier molecular flexibility index (Phi) is 12.1. The monoisotopic (exact) mass is 592 g/mol. The number of aliphatic carboxylic acids is 1. The van der Waals surface area contributed by atoms with Crippen LogP contribution in [0.5, 0.6) is 0 Å². The summed E-state index contributed by atoms with van der Waals surface area (Å²) >= 11 is 1.66. The number of nitrogens with zero attached hydrogens (tertiary/aromatic N) is 1. The van der Waals surface area contributed by atoms with E-state index in [1.807, 2.05) is 42.5 Å². The Hall–Kier alpha value is -4.71. The number of aliphatic imine (C=N–C) groups is 1. The lowest BCUT2D eigenvalue weighted by atomic mass is 10.0. The number of nitrogens with one attached hydrogen (secondary N) is 2. The molecule has 2 aromatic carbocycles. The quantitative estimate of drug-likeness (QED) is 0.0832. The summed E-state index contributed by atoms with van der Waals surface area (Å²) in [6.07, 6.45) is 0.565. The normalized spacial score (nSPS) is 12.1. The third kappa shape index (κ3) is 10.4. The molecule has 42 heavy (non-hydrogen) atoms. The van der Waals surface area contributed by atoms with Crippen molar-refractivity contribution in [2.45, 2.75) is 50.6 Å². The van der Waals surface area contributed by atoms with E-state index in [0.717, 1.165) is 27.1 Å². The Morgan fingerprint density at radius 3 is 2.19 bits per heavy atom. The Balaban J connectivity index is 1.55. The number of carbonyl (C=O) groups is 4. The molecule has 0 aliphatic carbocycles. The number of primary amides is 1. The number of guanidine groups is 1. The second-order valence-electron chi connectivity index (χ2n) is 9.73. The van der Waals surface area contributed by atoms with Crippen LogP contribution < -0.4 is 27.8 Å².